The van der Waals surface area contributed by atoms with Crippen LogP contribution in [0.25, 0.3) is 11.1 Å². The van der Waals surface area contributed by atoms with Gasteiger partial charge in [0.1, 0.15) is 34.5 Å². The number of non-ortho nitro benzene ring substituents is 2. The van der Waals surface area contributed by atoms with Crippen LogP contribution >= 0.6 is 0 Å². The summed E-state index contributed by atoms with van der Waals surface area (Å²) in [6.45, 7) is 0. The molecule has 0 atom stereocenters. The fraction of sp³-hybridized carbons (Fsp3) is 0. The Morgan fingerprint density at radius 2 is 0.812 bits per heavy atom. The van der Waals surface area contributed by atoms with E-state index >= 15 is 0 Å². The zero-order chi connectivity index (χ0) is 33.7. The van der Waals surface area contributed by atoms with E-state index in [-0.39, 0.29) is 49.9 Å². The number of nitro benzene ring substituents is 2. The van der Waals surface area contributed by atoms with E-state index < -0.39 is 19.7 Å². The maximum Gasteiger partial charge on any atom is 0.276 e. The molecule has 0 aliphatic rings. The van der Waals surface area contributed by atoms with E-state index in [9.17, 15) is 28.6 Å². The smallest absolute Gasteiger partial charge is 0.276 e. The van der Waals surface area contributed by atoms with E-state index in [1.807, 2.05) is 36.4 Å². The van der Waals surface area contributed by atoms with E-state index in [0.717, 1.165) is 5.56 Å². The van der Waals surface area contributed by atoms with E-state index in [1.54, 1.807) is 30.3 Å². The zero-order valence-electron chi connectivity index (χ0n) is 24.8. The first-order chi connectivity index (χ1) is 23.1. The quantitative estimate of drug-likeness (QED) is 0.0978. The minimum atomic E-state index is -3.95. The highest BCUT2D eigenvalue weighted by atomic mass is 32.2. The predicted octanol–water partition coefficient (Wildman–Crippen LogP) is 9.38. The van der Waals surface area contributed by atoms with E-state index in [2.05, 4.69) is 0 Å². The Morgan fingerprint density at radius 1 is 0.417 bits per heavy atom. The van der Waals surface area contributed by atoms with Crippen molar-refractivity contribution in [3.8, 4) is 45.6 Å². The molecule has 0 aliphatic heterocycles. The number of nitro groups is 2. The number of hydrogen-bond acceptors (Lipinski definition) is 9. The van der Waals surface area contributed by atoms with Crippen molar-refractivity contribution in [1.82, 2.24) is 0 Å². The second-order valence-corrected chi connectivity index (χ2v) is 12.3. The molecule has 238 valence electrons. The lowest BCUT2D eigenvalue weighted by Crippen LogP contribution is -2.02. The van der Waals surface area contributed by atoms with Gasteiger partial charge in [0.2, 0.25) is 9.84 Å². The van der Waals surface area contributed by atoms with Crippen molar-refractivity contribution in [3.05, 3.63) is 166 Å². The number of nitrogens with zero attached hydrogens (tertiary/aromatic N) is 2. The minimum Gasteiger partial charge on any atom is -0.457 e. The first kappa shape index (κ1) is 31.5. The van der Waals surface area contributed by atoms with Crippen LogP contribution in [0.2, 0.25) is 0 Å². The minimum absolute atomic E-state index is 0.00563. The summed E-state index contributed by atoms with van der Waals surface area (Å²) < 4.78 is 44.2. The van der Waals surface area contributed by atoms with Crippen molar-refractivity contribution in [2.24, 2.45) is 0 Å². The Bertz CT molecular complexity index is 2210. The summed E-state index contributed by atoms with van der Waals surface area (Å²) >= 11 is 0. The standard InChI is InChI=1S/C36H24N2O9S/c39-37(40)27-19-26(25-7-3-1-4-8-25)20-32(21-27)46-30-11-15-35(16-12-30)48(43,44)36-17-13-31(14-18-36)47-34-23-28(38(41)42)22-33(24-34)45-29-9-5-2-6-10-29/h1-24H. The van der Waals surface area contributed by atoms with Crippen molar-refractivity contribution in [1.29, 1.82) is 0 Å². The highest BCUT2D eigenvalue weighted by molar-refractivity contribution is 7.91. The average molecular weight is 661 g/mol. The number of sulfone groups is 1. The normalized spacial score (nSPS) is 11.0. The molecule has 0 radical (unpaired) electrons. The second-order valence-electron chi connectivity index (χ2n) is 10.3. The molecule has 0 spiro atoms. The Hall–Kier alpha value is -6.53. The maximum absolute atomic E-state index is 13.4. The van der Waals surface area contributed by atoms with E-state index in [4.69, 9.17) is 14.2 Å². The molecule has 0 saturated heterocycles. The molecule has 6 aromatic carbocycles. The molecule has 6 rings (SSSR count). The molecule has 0 N–H and O–H groups in total. The topological polar surface area (TPSA) is 148 Å². The van der Waals surface area contributed by atoms with Gasteiger partial charge in [-0.1, -0.05) is 48.5 Å². The molecular weight excluding hydrogens is 636 g/mol. The molecule has 48 heavy (non-hydrogen) atoms. The summed E-state index contributed by atoms with van der Waals surface area (Å²) in [7, 11) is -3.95. The van der Waals surface area contributed by atoms with Gasteiger partial charge in [0.05, 0.1) is 37.8 Å². The molecule has 0 aromatic heterocycles. The van der Waals surface area contributed by atoms with Crippen molar-refractivity contribution in [2.45, 2.75) is 9.79 Å². The number of benzene rings is 6. The lowest BCUT2D eigenvalue weighted by Gasteiger charge is -2.11. The Kier molecular flexibility index (Phi) is 8.81. The maximum atomic E-state index is 13.4. The van der Waals surface area contributed by atoms with Gasteiger partial charge in [0.15, 0.2) is 0 Å². The summed E-state index contributed by atoms with van der Waals surface area (Å²) in [5.41, 5.74) is 0.977. The molecule has 0 saturated carbocycles. The van der Waals surface area contributed by atoms with Gasteiger partial charge in [-0.15, -0.1) is 0 Å². The lowest BCUT2D eigenvalue weighted by atomic mass is 10.0. The van der Waals surface area contributed by atoms with Gasteiger partial charge in [-0.2, -0.15) is 0 Å². The van der Waals surface area contributed by atoms with Gasteiger partial charge in [-0.05, 0) is 77.9 Å². The van der Waals surface area contributed by atoms with Crippen molar-refractivity contribution < 1.29 is 32.5 Å². The van der Waals surface area contributed by atoms with Crippen molar-refractivity contribution in [3.63, 3.8) is 0 Å². The molecular formula is C36H24N2O9S. The van der Waals surface area contributed by atoms with Crippen LogP contribution in [0.15, 0.2) is 155 Å². The SMILES string of the molecule is O=[N+]([O-])c1cc(Oc2ccccc2)cc(Oc2ccc(S(=O)(=O)c3ccc(Oc4cc(-c5ccccc5)cc([N+](=O)[O-])c4)cc3)cc2)c1. The van der Waals surface area contributed by atoms with Crippen LogP contribution in [-0.4, -0.2) is 18.3 Å². The third kappa shape index (κ3) is 7.30. The molecule has 0 unspecified atom stereocenters. The van der Waals surface area contributed by atoms with Gasteiger partial charge in [-0.25, -0.2) is 8.42 Å². The van der Waals surface area contributed by atoms with Gasteiger partial charge in [0.25, 0.3) is 11.4 Å². The fourth-order valence-electron chi connectivity index (χ4n) is 4.73. The second kappa shape index (κ2) is 13.4. The van der Waals surface area contributed by atoms with Crippen LogP contribution in [-0.2, 0) is 9.84 Å². The Balaban J connectivity index is 1.18. The Morgan fingerprint density at radius 3 is 1.27 bits per heavy atom. The molecule has 0 bridgehead atoms. The van der Waals surface area contributed by atoms with E-state index in [0.29, 0.717) is 11.3 Å². The van der Waals surface area contributed by atoms with Crippen LogP contribution in [0, 0.1) is 20.2 Å². The first-order valence-corrected chi connectivity index (χ1v) is 15.8. The summed E-state index contributed by atoms with van der Waals surface area (Å²) in [5.74, 6) is 1.55. The van der Waals surface area contributed by atoms with Gasteiger partial charge in [-0.3, -0.25) is 20.2 Å². The number of rotatable bonds is 11. The van der Waals surface area contributed by atoms with E-state index in [1.165, 1.54) is 78.9 Å². The van der Waals surface area contributed by atoms with Gasteiger partial charge >= 0.3 is 0 Å². The lowest BCUT2D eigenvalue weighted by molar-refractivity contribution is -0.385. The van der Waals surface area contributed by atoms with Gasteiger partial charge in [0, 0.05) is 12.1 Å². The number of para-hydroxylation sites is 1. The van der Waals surface area contributed by atoms with Crippen LogP contribution in [0.5, 0.6) is 34.5 Å². The zero-order valence-corrected chi connectivity index (χ0v) is 25.6. The number of hydrogen-bond donors (Lipinski definition) is 0. The molecule has 0 amide bonds. The fourth-order valence-corrected chi connectivity index (χ4v) is 5.99. The van der Waals surface area contributed by atoms with Gasteiger partial charge < -0.3 is 14.2 Å². The summed E-state index contributed by atoms with van der Waals surface area (Å²) in [5, 5.41) is 23.1. The monoisotopic (exact) mass is 660 g/mol. The summed E-state index contributed by atoms with van der Waals surface area (Å²) in [6, 6.07) is 37.6. The predicted molar refractivity (Wildman–Crippen MR) is 177 cm³/mol. The van der Waals surface area contributed by atoms with Crippen LogP contribution < -0.4 is 14.2 Å². The Labute approximate surface area is 274 Å². The third-order valence-electron chi connectivity index (χ3n) is 7.00. The van der Waals surface area contributed by atoms with Crippen molar-refractivity contribution >= 4 is 21.2 Å². The van der Waals surface area contributed by atoms with Crippen LogP contribution in [0.1, 0.15) is 0 Å². The molecule has 0 heterocycles. The van der Waals surface area contributed by atoms with Crippen molar-refractivity contribution in [2.75, 3.05) is 0 Å². The first-order valence-electron chi connectivity index (χ1n) is 14.3. The largest absolute Gasteiger partial charge is 0.457 e. The summed E-state index contributed by atoms with van der Waals surface area (Å²) in [6.07, 6.45) is 0. The molecule has 6 aromatic rings. The average Bonchev–Trinajstić information content (AvgIpc) is 3.09. The van der Waals surface area contributed by atoms with Crippen LogP contribution in [0.3, 0.4) is 0 Å². The highest BCUT2D eigenvalue weighted by Crippen LogP contribution is 2.35. The number of ether oxygens (including phenoxy) is 3. The summed E-state index contributed by atoms with van der Waals surface area (Å²) in [4.78, 5) is 22.0. The van der Waals surface area contributed by atoms with Crippen LogP contribution in [0.4, 0.5) is 11.4 Å². The molecule has 11 nitrogen and oxygen atoms in total. The molecule has 0 aliphatic carbocycles. The molecule has 0 fully saturated rings. The third-order valence-corrected chi connectivity index (χ3v) is 8.79. The molecule has 12 heteroatoms. The highest BCUT2D eigenvalue weighted by Gasteiger charge is 2.19.